The molecule has 104 valence electrons. The van der Waals surface area contributed by atoms with E-state index < -0.39 is 5.97 Å². The van der Waals surface area contributed by atoms with Gasteiger partial charge in [-0.05, 0) is 18.2 Å². The second-order valence-electron chi connectivity index (χ2n) is 4.05. The van der Waals surface area contributed by atoms with E-state index in [9.17, 15) is 4.79 Å². The molecule has 0 amide bonds. The van der Waals surface area contributed by atoms with Crippen molar-refractivity contribution in [2.75, 3.05) is 5.73 Å². The van der Waals surface area contributed by atoms with Crippen LogP contribution in [0.5, 0.6) is 5.75 Å². The Hall–Kier alpha value is -1.91. The average Bonchev–Trinajstić information content (AvgIpc) is 2.39. The summed E-state index contributed by atoms with van der Waals surface area (Å²) >= 11 is 11.8. The number of rotatable bonds is 4. The molecule has 0 heterocycles. The molecule has 0 saturated carbocycles. The largest absolute Gasteiger partial charge is 0.487 e. The highest BCUT2D eigenvalue weighted by molar-refractivity contribution is 6.34. The lowest BCUT2D eigenvalue weighted by Gasteiger charge is -2.11. The Morgan fingerprint density at radius 3 is 2.70 bits per heavy atom. The summed E-state index contributed by atoms with van der Waals surface area (Å²) in [6, 6.07) is 9.64. The zero-order chi connectivity index (χ0) is 14.7. The summed E-state index contributed by atoms with van der Waals surface area (Å²) in [5.41, 5.74) is 6.35. The Balaban J connectivity index is 2.25. The predicted octanol–water partition coefficient (Wildman–Crippen LogP) is 3.85. The van der Waals surface area contributed by atoms with Gasteiger partial charge in [0.1, 0.15) is 12.4 Å². The highest BCUT2D eigenvalue weighted by atomic mass is 35.5. The van der Waals surface area contributed by atoms with E-state index in [0.29, 0.717) is 21.4 Å². The van der Waals surface area contributed by atoms with Crippen LogP contribution in [0.3, 0.4) is 0 Å². The summed E-state index contributed by atoms with van der Waals surface area (Å²) in [5, 5.41) is 10.0. The minimum atomic E-state index is -1.10. The van der Waals surface area contributed by atoms with Gasteiger partial charge in [0.25, 0.3) is 0 Å². The maximum absolute atomic E-state index is 11.2. The second kappa shape index (κ2) is 6.03. The highest BCUT2D eigenvalue weighted by Gasteiger charge is 2.14. The summed E-state index contributed by atoms with van der Waals surface area (Å²) in [7, 11) is 0. The quantitative estimate of drug-likeness (QED) is 0.841. The van der Waals surface area contributed by atoms with Gasteiger partial charge in [0, 0.05) is 22.3 Å². The molecule has 4 nitrogen and oxygen atoms in total. The molecule has 0 aromatic heterocycles. The molecule has 0 aliphatic rings. The lowest BCUT2D eigenvalue weighted by Crippen LogP contribution is -2.09. The van der Waals surface area contributed by atoms with Crippen molar-refractivity contribution in [3.05, 3.63) is 57.6 Å². The number of carboxylic acids is 1. The number of carboxylic acid groups (broad SMARTS) is 1. The Labute approximate surface area is 125 Å². The molecule has 3 N–H and O–H groups in total. The first-order valence-corrected chi connectivity index (χ1v) is 6.43. The zero-order valence-corrected chi connectivity index (χ0v) is 11.8. The molecule has 0 unspecified atom stereocenters. The minimum Gasteiger partial charge on any atom is -0.487 e. The number of aromatic carboxylic acids is 1. The van der Waals surface area contributed by atoms with Crippen LogP contribution >= 0.6 is 23.2 Å². The number of nitrogen functional groups attached to an aromatic ring is 1. The highest BCUT2D eigenvalue weighted by Crippen LogP contribution is 2.29. The van der Waals surface area contributed by atoms with Crippen LogP contribution in [-0.2, 0) is 6.61 Å². The fourth-order valence-electron chi connectivity index (χ4n) is 1.74. The topological polar surface area (TPSA) is 72.5 Å². The summed E-state index contributed by atoms with van der Waals surface area (Å²) in [4.78, 5) is 11.2. The molecular weight excluding hydrogens is 301 g/mol. The molecule has 0 spiro atoms. The van der Waals surface area contributed by atoms with Crippen LogP contribution in [-0.4, -0.2) is 11.1 Å². The molecule has 0 atom stereocenters. The Kier molecular flexibility index (Phi) is 4.37. The van der Waals surface area contributed by atoms with Crippen LogP contribution in [0.1, 0.15) is 15.9 Å². The van der Waals surface area contributed by atoms with E-state index in [1.54, 1.807) is 30.3 Å². The zero-order valence-electron chi connectivity index (χ0n) is 10.3. The van der Waals surface area contributed by atoms with Crippen molar-refractivity contribution in [1.29, 1.82) is 0 Å². The van der Waals surface area contributed by atoms with Gasteiger partial charge >= 0.3 is 5.97 Å². The average molecular weight is 312 g/mol. The summed E-state index contributed by atoms with van der Waals surface area (Å²) in [6.07, 6.45) is 0. The third kappa shape index (κ3) is 3.15. The Morgan fingerprint density at radius 2 is 2.00 bits per heavy atom. The minimum absolute atomic E-state index is 0.0330. The molecule has 6 heteroatoms. The van der Waals surface area contributed by atoms with Gasteiger partial charge in [0.05, 0.1) is 10.6 Å². The first-order valence-electron chi connectivity index (χ1n) is 5.67. The molecule has 20 heavy (non-hydrogen) atoms. The van der Waals surface area contributed by atoms with Crippen molar-refractivity contribution < 1.29 is 14.6 Å². The van der Waals surface area contributed by atoms with Gasteiger partial charge < -0.3 is 15.6 Å². The van der Waals surface area contributed by atoms with Crippen molar-refractivity contribution >= 4 is 34.9 Å². The number of anilines is 1. The third-order valence-electron chi connectivity index (χ3n) is 2.67. The third-order valence-corrected chi connectivity index (χ3v) is 3.22. The van der Waals surface area contributed by atoms with E-state index in [-0.39, 0.29) is 17.9 Å². The van der Waals surface area contributed by atoms with E-state index in [0.717, 1.165) is 0 Å². The lowest BCUT2D eigenvalue weighted by atomic mass is 10.1. The van der Waals surface area contributed by atoms with Gasteiger partial charge in [-0.15, -0.1) is 0 Å². The number of hydrogen-bond donors (Lipinski definition) is 2. The van der Waals surface area contributed by atoms with E-state index in [2.05, 4.69) is 0 Å². The van der Waals surface area contributed by atoms with Gasteiger partial charge in [0.2, 0.25) is 0 Å². The molecule has 2 aromatic carbocycles. The van der Waals surface area contributed by atoms with E-state index in [1.165, 1.54) is 6.07 Å². The van der Waals surface area contributed by atoms with Crippen molar-refractivity contribution in [2.24, 2.45) is 0 Å². The van der Waals surface area contributed by atoms with E-state index in [4.69, 9.17) is 38.8 Å². The first-order chi connectivity index (χ1) is 9.49. The Bertz CT molecular complexity index is 659. The molecule has 0 aliphatic carbocycles. The van der Waals surface area contributed by atoms with Crippen molar-refractivity contribution in [3.63, 3.8) is 0 Å². The summed E-state index contributed by atoms with van der Waals surface area (Å²) in [6.45, 7) is 0.0345. The maximum Gasteiger partial charge on any atom is 0.338 e. The van der Waals surface area contributed by atoms with Crippen LogP contribution in [0.15, 0.2) is 36.4 Å². The fourth-order valence-corrected chi connectivity index (χ4v) is 2.08. The second-order valence-corrected chi connectivity index (χ2v) is 4.89. The van der Waals surface area contributed by atoms with Crippen LogP contribution < -0.4 is 10.5 Å². The lowest BCUT2D eigenvalue weighted by molar-refractivity contribution is 0.0695. The number of benzene rings is 2. The van der Waals surface area contributed by atoms with Gasteiger partial charge in [0.15, 0.2) is 0 Å². The molecular formula is C14H11Cl2NO3. The van der Waals surface area contributed by atoms with Crippen LogP contribution in [0.4, 0.5) is 5.69 Å². The SMILES string of the molecule is Nc1cccc(COc2cc(Cl)ccc2Cl)c1C(=O)O. The normalized spacial score (nSPS) is 10.3. The molecule has 0 fully saturated rings. The molecule has 2 aromatic rings. The molecule has 0 saturated heterocycles. The van der Waals surface area contributed by atoms with Crippen LogP contribution in [0.25, 0.3) is 0 Å². The maximum atomic E-state index is 11.2. The van der Waals surface area contributed by atoms with Crippen molar-refractivity contribution in [1.82, 2.24) is 0 Å². The monoisotopic (exact) mass is 311 g/mol. The van der Waals surface area contributed by atoms with Crippen molar-refractivity contribution in [2.45, 2.75) is 6.61 Å². The molecule has 0 aliphatic heterocycles. The van der Waals surface area contributed by atoms with Gasteiger partial charge in [-0.2, -0.15) is 0 Å². The first kappa shape index (κ1) is 14.5. The van der Waals surface area contributed by atoms with Crippen LogP contribution in [0, 0.1) is 0 Å². The molecule has 0 bridgehead atoms. The number of halogens is 2. The number of nitrogens with two attached hydrogens (primary N) is 1. The van der Waals surface area contributed by atoms with E-state index in [1.807, 2.05) is 0 Å². The van der Waals surface area contributed by atoms with Crippen LogP contribution in [0.2, 0.25) is 10.0 Å². The summed E-state index contributed by atoms with van der Waals surface area (Å²) < 4.78 is 5.51. The van der Waals surface area contributed by atoms with Gasteiger partial charge in [-0.1, -0.05) is 35.3 Å². The number of ether oxygens (including phenoxy) is 1. The number of carbonyl (C=O) groups is 1. The Morgan fingerprint density at radius 1 is 1.25 bits per heavy atom. The fraction of sp³-hybridized carbons (Fsp3) is 0.0714. The number of hydrogen-bond acceptors (Lipinski definition) is 3. The van der Waals surface area contributed by atoms with Gasteiger partial charge in [-0.3, -0.25) is 0 Å². The smallest absolute Gasteiger partial charge is 0.338 e. The molecule has 0 radical (unpaired) electrons. The van der Waals surface area contributed by atoms with Crippen molar-refractivity contribution in [3.8, 4) is 5.75 Å². The van der Waals surface area contributed by atoms with E-state index >= 15 is 0 Å². The predicted molar refractivity (Wildman–Crippen MR) is 78.6 cm³/mol. The van der Waals surface area contributed by atoms with Gasteiger partial charge in [-0.25, -0.2) is 4.79 Å². The standard InChI is InChI=1S/C14H11Cl2NO3/c15-9-4-5-10(16)12(6-9)20-7-8-2-1-3-11(17)13(8)14(18)19/h1-6H,7,17H2,(H,18,19). The summed E-state index contributed by atoms with van der Waals surface area (Å²) in [5.74, 6) is -0.711. The molecule has 2 rings (SSSR count).